The predicted octanol–water partition coefficient (Wildman–Crippen LogP) is 1.72. The van der Waals surface area contributed by atoms with Gasteiger partial charge in [0.1, 0.15) is 5.69 Å². The Hall–Kier alpha value is -1.52. The van der Waals surface area contributed by atoms with Crippen molar-refractivity contribution in [1.82, 2.24) is 4.98 Å². The third-order valence-corrected chi connectivity index (χ3v) is 1.79. The van der Waals surface area contributed by atoms with Crippen LogP contribution in [0.1, 0.15) is 28.0 Å². The van der Waals surface area contributed by atoms with Crippen LogP contribution in [0.2, 0.25) is 0 Å². The van der Waals surface area contributed by atoms with E-state index in [4.69, 9.17) is 5.73 Å². The van der Waals surface area contributed by atoms with Crippen molar-refractivity contribution in [2.24, 2.45) is 0 Å². The molecule has 2 N–H and O–H groups in total. The van der Waals surface area contributed by atoms with Crippen LogP contribution in [0.15, 0.2) is 6.20 Å². The van der Waals surface area contributed by atoms with Crippen LogP contribution in [-0.4, -0.2) is 11.3 Å². The Morgan fingerprint density at radius 3 is 2.69 bits per heavy atom. The number of alkyl halides is 2. The summed E-state index contributed by atoms with van der Waals surface area (Å²) in [4.78, 5) is 13.8. The first-order valence-electron chi connectivity index (χ1n) is 3.56. The van der Waals surface area contributed by atoms with E-state index in [1.165, 1.54) is 6.92 Å². The van der Waals surface area contributed by atoms with Gasteiger partial charge < -0.3 is 5.73 Å². The van der Waals surface area contributed by atoms with Crippen molar-refractivity contribution < 1.29 is 13.6 Å². The van der Waals surface area contributed by atoms with Gasteiger partial charge in [0.15, 0.2) is 6.29 Å². The molecule has 0 saturated heterocycles. The molecule has 0 saturated carbocycles. The van der Waals surface area contributed by atoms with Gasteiger partial charge in [0.2, 0.25) is 0 Å². The maximum atomic E-state index is 12.2. The third kappa shape index (κ3) is 1.63. The second-order valence-corrected chi connectivity index (χ2v) is 2.56. The minimum Gasteiger partial charge on any atom is -0.397 e. The lowest BCUT2D eigenvalue weighted by Crippen LogP contribution is -2.03. The van der Waals surface area contributed by atoms with Crippen LogP contribution in [0.25, 0.3) is 0 Å². The Kier molecular flexibility index (Phi) is 2.55. The second-order valence-electron chi connectivity index (χ2n) is 2.56. The predicted molar refractivity (Wildman–Crippen MR) is 43.7 cm³/mol. The number of nitrogens with two attached hydrogens (primary N) is 1. The minimum absolute atomic E-state index is 0.111. The molecule has 0 radical (unpaired) electrons. The number of rotatable bonds is 2. The zero-order valence-corrected chi connectivity index (χ0v) is 6.92. The number of nitrogen functional groups attached to an aromatic ring is 1. The number of aromatic nitrogens is 1. The lowest BCUT2D eigenvalue weighted by molar-refractivity contribution is 0.112. The van der Waals surface area contributed by atoms with Crippen LogP contribution in [0.3, 0.4) is 0 Å². The molecule has 0 aliphatic heterocycles. The van der Waals surface area contributed by atoms with E-state index >= 15 is 0 Å². The van der Waals surface area contributed by atoms with Crippen molar-refractivity contribution in [3.8, 4) is 0 Å². The van der Waals surface area contributed by atoms with Crippen molar-refractivity contribution in [2.45, 2.75) is 13.3 Å². The maximum Gasteiger partial charge on any atom is 0.282 e. The van der Waals surface area contributed by atoms with Crippen molar-refractivity contribution in [3.05, 3.63) is 23.0 Å². The van der Waals surface area contributed by atoms with E-state index in [0.29, 0.717) is 11.8 Å². The molecule has 70 valence electrons. The van der Waals surface area contributed by atoms with Gasteiger partial charge in [-0.05, 0) is 12.5 Å². The standard InChI is InChI=1S/C8H8F2N2O/c1-4-5(3-13)2-12-7(6(4)11)8(9)10/h2-3,8H,11H2,1H3. The van der Waals surface area contributed by atoms with Gasteiger partial charge in [0.25, 0.3) is 6.43 Å². The first kappa shape index (κ1) is 9.57. The molecule has 1 heterocycles. The molecule has 0 fully saturated rings. The Labute approximate surface area is 73.6 Å². The number of pyridine rings is 1. The highest BCUT2D eigenvalue weighted by Crippen LogP contribution is 2.26. The monoisotopic (exact) mass is 186 g/mol. The first-order chi connectivity index (χ1) is 6.07. The Bertz CT molecular complexity index is 339. The molecule has 0 atom stereocenters. The number of anilines is 1. The molecule has 0 aliphatic carbocycles. The van der Waals surface area contributed by atoms with Gasteiger partial charge in [-0.25, -0.2) is 8.78 Å². The molecule has 1 rings (SSSR count). The van der Waals surface area contributed by atoms with Crippen molar-refractivity contribution in [3.63, 3.8) is 0 Å². The Morgan fingerprint density at radius 2 is 2.23 bits per heavy atom. The Morgan fingerprint density at radius 1 is 1.62 bits per heavy atom. The zero-order chi connectivity index (χ0) is 10.0. The van der Waals surface area contributed by atoms with E-state index in [-0.39, 0.29) is 11.3 Å². The van der Waals surface area contributed by atoms with E-state index in [0.717, 1.165) is 6.20 Å². The van der Waals surface area contributed by atoms with Gasteiger partial charge in [-0.2, -0.15) is 0 Å². The van der Waals surface area contributed by atoms with Gasteiger partial charge >= 0.3 is 0 Å². The fraction of sp³-hybridized carbons (Fsp3) is 0.250. The number of carbonyl (C=O) groups is 1. The molecule has 0 amide bonds. The fourth-order valence-electron chi connectivity index (χ4n) is 0.946. The molecule has 5 heteroatoms. The van der Waals surface area contributed by atoms with Crippen LogP contribution >= 0.6 is 0 Å². The molecule has 3 nitrogen and oxygen atoms in total. The van der Waals surface area contributed by atoms with Crippen LogP contribution in [0, 0.1) is 6.92 Å². The topological polar surface area (TPSA) is 56.0 Å². The third-order valence-electron chi connectivity index (χ3n) is 1.79. The largest absolute Gasteiger partial charge is 0.397 e. The highest BCUT2D eigenvalue weighted by atomic mass is 19.3. The van der Waals surface area contributed by atoms with Crippen LogP contribution in [0.4, 0.5) is 14.5 Å². The molecule has 0 bridgehead atoms. The van der Waals surface area contributed by atoms with E-state index < -0.39 is 12.1 Å². The van der Waals surface area contributed by atoms with Crippen LogP contribution in [-0.2, 0) is 0 Å². The summed E-state index contributed by atoms with van der Waals surface area (Å²) in [6.07, 6.45) is -1.08. The highest BCUT2D eigenvalue weighted by Gasteiger charge is 2.15. The minimum atomic E-state index is -2.71. The fourth-order valence-corrected chi connectivity index (χ4v) is 0.946. The summed E-state index contributed by atoms with van der Waals surface area (Å²) >= 11 is 0. The maximum absolute atomic E-state index is 12.2. The van der Waals surface area contributed by atoms with Crippen LogP contribution < -0.4 is 5.73 Å². The van der Waals surface area contributed by atoms with Crippen molar-refractivity contribution in [1.29, 1.82) is 0 Å². The number of hydrogen-bond acceptors (Lipinski definition) is 3. The van der Waals surface area contributed by atoms with Gasteiger partial charge in [-0.15, -0.1) is 0 Å². The summed E-state index contributed by atoms with van der Waals surface area (Å²) in [7, 11) is 0. The van der Waals surface area contributed by atoms with Crippen LogP contribution in [0.5, 0.6) is 0 Å². The highest BCUT2D eigenvalue weighted by molar-refractivity contribution is 5.79. The molecular weight excluding hydrogens is 178 g/mol. The number of halogens is 2. The van der Waals surface area contributed by atoms with E-state index in [1.54, 1.807) is 0 Å². The Balaban J connectivity index is 3.31. The molecular formula is C8H8F2N2O. The van der Waals surface area contributed by atoms with E-state index in [1.807, 2.05) is 0 Å². The van der Waals surface area contributed by atoms with E-state index in [2.05, 4.69) is 4.98 Å². The second kappa shape index (κ2) is 3.47. The number of hydrogen-bond donors (Lipinski definition) is 1. The molecule has 0 unspecified atom stereocenters. The van der Waals surface area contributed by atoms with E-state index in [9.17, 15) is 13.6 Å². The molecule has 0 spiro atoms. The summed E-state index contributed by atoms with van der Waals surface area (Å²) in [6, 6.07) is 0. The summed E-state index contributed by atoms with van der Waals surface area (Å²) in [6.45, 7) is 1.51. The quantitative estimate of drug-likeness (QED) is 0.715. The molecule has 0 aliphatic rings. The zero-order valence-electron chi connectivity index (χ0n) is 6.92. The lowest BCUT2D eigenvalue weighted by atomic mass is 10.1. The summed E-state index contributed by atoms with van der Waals surface area (Å²) in [5.74, 6) is 0. The molecule has 13 heavy (non-hydrogen) atoms. The molecule has 0 aromatic carbocycles. The van der Waals surface area contributed by atoms with Crippen molar-refractivity contribution in [2.75, 3.05) is 5.73 Å². The number of aldehydes is 1. The first-order valence-corrected chi connectivity index (χ1v) is 3.56. The SMILES string of the molecule is Cc1c(C=O)cnc(C(F)F)c1N. The normalized spacial score (nSPS) is 10.5. The number of nitrogens with zero attached hydrogens (tertiary/aromatic N) is 1. The summed E-state index contributed by atoms with van der Waals surface area (Å²) < 4.78 is 24.4. The smallest absolute Gasteiger partial charge is 0.282 e. The van der Waals surface area contributed by atoms with Gasteiger partial charge in [0.05, 0.1) is 5.69 Å². The average Bonchev–Trinajstić information content (AvgIpc) is 2.09. The summed E-state index contributed by atoms with van der Waals surface area (Å²) in [5, 5.41) is 0. The molecule has 1 aromatic heterocycles. The van der Waals surface area contributed by atoms with Crippen molar-refractivity contribution >= 4 is 12.0 Å². The molecule has 1 aromatic rings. The summed E-state index contributed by atoms with van der Waals surface area (Å²) in [5.41, 5.74) is 5.36. The van der Waals surface area contributed by atoms with Gasteiger partial charge in [-0.3, -0.25) is 9.78 Å². The average molecular weight is 186 g/mol. The number of carbonyl (C=O) groups excluding carboxylic acids is 1. The lowest BCUT2D eigenvalue weighted by Gasteiger charge is -2.07. The van der Waals surface area contributed by atoms with Gasteiger partial charge in [-0.1, -0.05) is 0 Å². The van der Waals surface area contributed by atoms with Gasteiger partial charge in [0, 0.05) is 11.8 Å².